The quantitative estimate of drug-likeness (QED) is 0.791. The lowest BCUT2D eigenvalue weighted by Gasteiger charge is -2.09. The van der Waals surface area contributed by atoms with Crippen molar-refractivity contribution >= 4 is 9.84 Å². The lowest BCUT2D eigenvalue weighted by Crippen LogP contribution is -2.23. The van der Waals surface area contributed by atoms with Crippen LogP contribution in [0.3, 0.4) is 0 Å². The van der Waals surface area contributed by atoms with Gasteiger partial charge < -0.3 is 10.5 Å². The summed E-state index contributed by atoms with van der Waals surface area (Å²) in [5.41, 5.74) is 5.40. The molecular weight excluding hydrogens is 242 g/mol. The molecule has 0 radical (unpaired) electrons. The molecule has 17 heavy (non-hydrogen) atoms. The van der Waals surface area contributed by atoms with E-state index in [1.807, 2.05) is 0 Å². The van der Waals surface area contributed by atoms with Crippen molar-refractivity contribution in [3.05, 3.63) is 12.4 Å². The van der Waals surface area contributed by atoms with Crippen molar-refractivity contribution in [2.45, 2.75) is 24.6 Å². The van der Waals surface area contributed by atoms with Crippen LogP contribution in [-0.4, -0.2) is 42.4 Å². The minimum atomic E-state index is -2.93. The predicted octanol–water partition coefficient (Wildman–Crippen LogP) is -0.202. The van der Waals surface area contributed by atoms with Gasteiger partial charge in [-0.3, -0.25) is 4.68 Å². The maximum atomic E-state index is 11.6. The van der Waals surface area contributed by atoms with E-state index in [1.165, 1.54) is 0 Å². The fraction of sp³-hybridized carbons (Fsp3) is 0.700. The topological polar surface area (TPSA) is 87.2 Å². The predicted molar refractivity (Wildman–Crippen MR) is 63.6 cm³/mol. The Kier molecular flexibility index (Phi) is 3.68. The van der Waals surface area contributed by atoms with Gasteiger partial charge in [0.15, 0.2) is 15.6 Å². The molecule has 1 aromatic rings. The van der Waals surface area contributed by atoms with Crippen molar-refractivity contribution in [2.24, 2.45) is 5.73 Å². The molecule has 0 spiro atoms. The van der Waals surface area contributed by atoms with E-state index in [0.29, 0.717) is 25.3 Å². The van der Waals surface area contributed by atoms with Gasteiger partial charge in [-0.15, -0.1) is 0 Å². The van der Waals surface area contributed by atoms with Crippen molar-refractivity contribution in [1.82, 2.24) is 9.78 Å². The fourth-order valence-corrected chi connectivity index (χ4v) is 3.61. The van der Waals surface area contributed by atoms with Gasteiger partial charge in [0.25, 0.3) is 0 Å². The van der Waals surface area contributed by atoms with E-state index in [9.17, 15) is 8.42 Å². The van der Waals surface area contributed by atoms with Crippen LogP contribution in [0.4, 0.5) is 0 Å². The van der Waals surface area contributed by atoms with Crippen molar-refractivity contribution < 1.29 is 13.2 Å². The van der Waals surface area contributed by atoms with Gasteiger partial charge >= 0.3 is 0 Å². The maximum absolute atomic E-state index is 11.6. The molecule has 1 fully saturated rings. The van der Waals surface area contributed by atoms with Gasteiger partial charge in [0, 0.05) is 6.54 Å². The number of hydrogen-bond acceptors (Lipinski definition) is 5. The molecule has 1 atom stereocenters. The third-order valence-corrected chi connectivity index (χ3v) is 5.11. The molecule has 96 valence electrons. The second kappa shape index (κ2) is 5.05. The Balaban J connectivity index is 1.89. The highest BCUT2D eigenvalue weighted by atomic mass is 32.2. The highest BCUT2D eigenvalue weighted by Crippen LogP contribution is 2.21. The van der Waals surface area contributed by atoms with Gasteiger partial charge in [-0.1, -0.05) is 0 Å². The second-order valence-electron chi connectivity index (χ2n) is 4.17. The molecule has 0 saturated carbocycles. The van der Waals surface area contributed by atoms with Crippen LogP contribution in [0.2, 0.25) is 0 Å². The molecule has 2 heterocycles. The summed E-state index contributed by atoms with van der Waals surface area (Å²) in [4.78, 5) is 0. The summed E-state index contributed by atoms with van der Waals surface area (Å²) < 4.78 is 30.3. The monoisotopic (exact) mass is 259 g/mol. The van der Waals surface area contributed by atoms with Gasteiger partial charge in [0.05, 0.1) is 29.9 Å². The van der Waals surface area contributed by atoms with Gasteiger partial charge in [0.1, 0.15) is 6.61 Å². The third kappa shape index (κ3) is 2.98. The normalized spacial score (nSPS) is 22.8. The van der Waals surface area contributed by atoms with Gasteiger partial charge in [-0.2, -0.15) is 5.10 Å². The molecule has 0 aliphatic carbocycles. The van der Waals surface area contributed by atoms with E-state index >= 15 is 0 Å². The van der Waals surface area contributed by atoms with Crippen LogP contribution in [0.15, 0.2) is 12.4 Å². The molecule has 1 aliphatic heterocycles. The summed E-state index contributed by atoms with van der Waals surface area (Å²) in [6.07, 6.45) is 4.74. The lowest BCUT2D eigenvalue weighted by molar-refractivity contribution is 0.310. The number of nitrogens with two attached hydrogens (primary N) is 1. The first-order valence-electron chi connectivity index (χ1n) is 5.69. The number of sulfone groups is 1. The number of rotatable bonds is 5. The second-order valence-corrected chi connectivity index (χ2v) is 6.57. The van der Waals surface area contributed by atoms with Crippen LogP contribution in [0.5, 0.6) is 5.75 Å². The summed E-state index contributed by atoms with van der Waals surface area (Å²) in [5.74, 6) is 0.883. The first-order chi connectivity index (χ1) is 8.12. The van der Waals surface area contributed by atoms with E-state index < -0.39 is 9.84 Å². The van der Waals surface area contributed by atoms with E-state index in [2.05, 4.69) is 5.10 Å². The van der Waals surface area contributed by atoms with Crippen molar-refractivity contribution in [1.29, 1.82) is 0 Å². The van der Waals surface area contributed by atoms with E-state index in [4.69, 9.17) is 10.5 Å². The Morgan fingerprint density at radius 2 is 2.41 bits per heavy atom. The third-order valence-electron chi connectivity index (χ3n) is 2.87. The van der Waals surface area contributed by atoms with Crippen LogP contribution in [-0.2, 0) is 16.4 Å². The molecule has 0 bridgehead atoms. The number of ether oxygens (including phenoxy) is 1. The SMILES string of the molecule is NCCn1cc(OCC2CCCS2(=O)=O)cn1. The zero-order valence-electron chi connectivity index (χ0n) is 9.58. The molecule has 0 amide bonds. The smallest absolute Gasteiger partial charge is 0.157 e. The molecule has 1 aliphatic rings. The first-order valence-corrected chi connectivity index (χ1v) is 7.40. The van der Waals surface area contributed by atoms with E-state index in [1.54, 1.807) is 17.1 Å². The summed E-state index contributed by atoms with van der Waals surface area (Å²) in [7, 11) is -2.93. The Labute approximate surface area is 101 Å². The van der Waals surface area contributed by atoms with Crippen molar-refractivity contribution in [3.8, 4) is 5.75 Å². The lowest BCUT2D eigenvalue weighted by atomic mass is 10.3. The van der Waals surface area contributed by atoms with Crippen LogP contribution >= 0.6 is 0 Å². The summed E-state index contributed by atoms with van der Waals surface area (Å²) in [6, 6.07) is 0. The maximum Gasteiger partial charge on any atom is 0.157 e. The van der Waals surface area contributed by atoms with Crippen LogP contribution in [0.25, 0.3) is 0 Å². The standard InChI is InChI=1S/C10H17N3O3S/c11-3-4-13-7-9(6-12-13)16-8-10-2-1-5-17(10,14)15/h6-7,10H,1-5,8,11H2. The van der Waals surface area contributed by atoms with Crippen LogP contribution < -0.4 is 10.5 Å². The Hall–Kier alpha value is -1.08. The van der Waals surface area contributed by atoms with Gasteiger partial charge in [-0.05, 0) is 12.8 Å². The summed E-state index contributed by atoms with van der Waals surface area (Å²) in [6.45, 7) is 1.36. The fourth-order valence-electron chi connectivity index (χ4n) is 1.91. The zero-order valence-corrected chi connectivity index (χ0v) is 10.4. The van der Waals surface area contributed by atoms with Crippen LogP contribution in [0.1, 0.15) is 12.8 Å². The van der Waals surface area contributed by atoms with Crippen LogP contribution in [0, 0.1) is 0 Å². The zero-order chi connectivity index (χ0) is 12.3. The van der Waals surface area contributed by atoms with Gasteiger partial charge in [-0.25, -0.2) is 8.42 Å². The molecule has 2 N–H and O–H groups in total. The number of nitrogens with zero attached hydrogens (tertiary/aromatic N) is 2. The van der Waals surface area contributed by atoms with Gasteiger partial charge in [0.2, 0.25) is 0 Å². The average molecular weight is 259 g/mol. The molecule has 1 saturated heterocycles. The van der Waals surface area contributed by atoms with E-state index in [0.717, 1.165) is 6.42 Å². The minimum absolute atomic E-state index is 0.219. The molecule has 1 unspecified atom stereocenters. The molecule has 7 heteroatoms. The van der Waals surface area contributed by atoms with Crippen molar-refractivity contribution in [2.75, 3.05) is 18.9 Å². The molecular formula is C10H17N3O3S. The average Bonchev–Trinajstić information content (AvgIpc) is 2.83. The first kappa shape index (κ1) is 12.4. The van der Waals surface area contributed by atoms with E-state index in [-0.39, 0.29) is 17.6 Å². The minimum Gasteiger partial charge on any atom is -0.489 e. The number of aromatic nitrogens is 2. The Morgan fingerprint density at radius 3 is 3.06 bits per heavy atom. The number of hydrogen-bond donors (Lipinski definition) is 1. The largest absolute Gasteiger partial charge is 0.489 e. The Morgan fingerprint density at radius 1 is 1.59 bits per heavy atom. The Bertz CT molecular complexity index is 469. The summed E-state index contributed by atoms with van der Waals surface area (Å²) >= 11 is 0. The molecule has 2 rings (SSSR count). The van der Waals surface area contributed by atoms with Crippen molar-refractivity contribution in [3.63, 3.8) is 0 Å². The summed E-state index contributed by atoms with van der Waals surface area (Å²) in [5, 5.41) is 3.69. The highest BCUT2D eigenvalue weighted by molar-refractivity contribution is 7.92. The molecule has 6 nitrogen and oxygen atoms in total. The highest BCUT2D eigenvalue weighted by Gasteiger charge is 2.31. The molecule has 1 aromatic heterocycles. The molecule has 0 aromatic carbocycles.